The molecule has 1 aromatic carbocycles. The summed E-state index contributed by atoms with van der Waals surface area (Å²) in [5.41, 5.74) is 3.48. The van der Waals surface area contributed by atoms with E-state index in [0.29, 0.717) is 12.2 Å². The third-order valence-corrected chi connectivity index (χ3v) is 4.74. The summed E-state index contributed by atoms with van der Waals surface area (Å²) in [6, 6.07) is 9.90. The van der Waals surface area contributed by atoms with Crippen LogP contribution in [0.15, 0.2) is 42.7 Å². The van der Waals surface area contributed by atoms with Crippen molar-refractivity contribution in [2.75, 3.05) is 36.0 Å². The molecule has 1 aromatic heterocycles. The van der Waals surface area contributed by atoms with E-state index in [1.165, 1.54) is 11.4 Å². The summed E-state index contributed by atoms with van der Waals surface area (Å²) in [4.78, 5) is 19.9. The molecule has 1 fully saturated rings. The van der Waals surface area contributed by atoms with Gasteiger partial charge in [0, 0.05) is 49.9 Å². The Morgan fingerprint density at radius 2 is 1.81 bits per heavy atom. The van der Waals surface area contributed by atoms with E-state index in [1.54, 1.807) is 0 Å². The molecule has 1 aliphatic rings. The fourth-order valence-corrected chi connectivity index (χ4v) is 3.29. The molecule has 0 amide bonds. The molecule has 0 radical (unpaired) electrons. The summed E-state index contributed by atoms with van der Waals surface area (Å²) >= 11 is 0. The highest BCUT2D eigenvalue weighted by Crippen LogP contribution is 2.27. The van der Waals surface area contributed by atoms with Crippen molar-refractivity contribution in [3.63, 3.8) is 0 Å². The molecule has 1 unspecified atom stereocenters. The van der Waals surface area contributed by atoms with Crippen LogP contribution in [0.25, 0.3) is 0 Å². The van der Waals surface area contributed by atoms with E-state index < -0.39 is 12.1 Å². The fraction of sp³-hybridized carbons (Fsp3) is 0.400. The van der Waals surface area contributed by atoms with Gasteiger partial charge >= 0.3 is 5.97 Å². The zero-order valence-corrected chi connectivity index (χ0v) is 15.3. The molecule has 3 rings (SSSR count). The minimum atomic E-state index is -0.929. The van der Waals surface area contributed by atoms with E-state index in [2.05, 4.69) is 14.8 Å². The molecule has 26 heavy (non-hydrogen) atoms. The van der Waals surface area contributed by atoms with Gasteiger partial charge in [0.2, 0.25) is 0 Å². The number of carboxylic acid groups (broad SMARTS) is 1. The quantitative estimate of drug-likeness (QED) is 0.859. The van der Waals surface area contributed by atoms with Crippen molar-refractivity contribution in [3.8, 4) is 5.75 Å². The summed E-state index contributed by atoms with van der Waals surface area (Å²) in [7, 11) is 0. The number of carbonyl (C=O) groups is 1. The Kier molecular flexibility index (Phi) is 5.61. The first-order valence-corrected chi connectivity index (χ1v) is 8.98. The predicted octanol–water partition coefficient (Wildman–Crippen LogP) is 2.96. The minimum Gasteiger partial charge on any atom is -0.479 e. The van der Waals surface area contributed by atoms with Gasteiger partial charge in [0.05, 0.1) is 0 Å². The Morgan fingerprint density at radius 3 is 2.38 bits per heavy atom. The van der Waals surface area contributed by atoms with Crippen molar-refractivity contribution in [3.05, 3.63) is 48.3 Å². The largest absolute Gasteiger partial charge is 0.479 e. The molecular formula is C20H25N3O3. The molecule has 2 heterocycles. The fourth-order valence-electron chi connectivity index (χ4n) is 3.29. The number of hydrogen-bond acceptors (Lipinski definition) is 5. The Hall–Kier alpha value is -2.76. The SMILES string of the molecule is CCC(Oc1ccc(N2CCN(c3ccncc3)CC2)c(C)c1)C(=O)O. The van der Waals surface area contributed by atoms with E-state index in [1.807, 2.05) is 56.6 Å². The number of carboxylic acids is 1. The number of anilines is 2. The second kappa shape index (κ2) is 8.08. The van der Waals surface area contributed by atoms with Crippen LogP contribution in [0.4, 0.5) is 11.4 Å². The summed E-state index contributed by atoms with van der Waals surface area (Å²) in [6.07, 6.45) is 3.29. The molecule has 138 valence electrons. The molecule has 1 N–H and O–H groups in total. The molecule has 6 heteroatoms. The van der Waals surface area contributed by atoms with Crippen LogP contribution in [0.5, 0.6) is 5.75 Å². The highest BCUT2D eigenvalue weighted by Gasteiger charge is 2.20. The summed E-state index contributed by atoms with van der Waals surface area (Å²) < 4.78 is 5.59. The molecule has 0 aliphatic carbocycles. The minimum absolute atomic E-state index is 0.438. The number of aromatic nitrogens is 1. The second-order valence-electron chi connectivity index (χ2n) is 6.48. The van der Waals surface area contributed by atoms with Crippen LogP contribution in [-0.2, 0) is 4.79 Å². The number of piperazine rings is 1. The number of pyridine rings is 1. The van der Waals surface area contributed by atoms with E-state index in [0.717, 1.165) is 31.7 Å². The van der Waals surface area contributed by atoms with Gasteiger partial charge in [-0.25, -0.2) is 4.79 Å². The number of ether oxygens (including phenoxy) is 1. The van der Waals surface area contributed by atoms with Gasteiger partial charge in [-0.05, 0) is 49.2 Å². The van der Waals surface area contributed by atoms with E-state index >= 15 is 0 Å². The van der Waals surface area contributed by atoms with E-state index in [4.69, 9.17) is 9.84 Å². The first-order valence-electron chi connectivity index (χ1n) is 8.98. The van der Waals surface area contributed by atoms with Crippen LogP contribution in [0.1, 0.15) is 18.9 Å². The van der Waals surface area contributed by atoms with Crippen LogP contribution >= 0.6 is 0 Å². The van der Waals surface area contributed by atoms with Gasteiger partial charge in [0.15, 0.2) is 6.10 Å². The molecular weight excluding hydrogens is 330 g/mol. The van der Waals surface area contributed by atoms with Crippen LogP contribution in [-0.4, -0.2) is 48.3 Å². The molecule has 0 bridgehead atoms. The summed E-state index contributed by atoms with van der Waals surface area (Å²) in [5, 5.41) is 9.14. The lowest BCUT2D eigenvalue weighted by atomic mass is 10.1. The van der Waals surface area contributed by atoms with Crippen molar-refractivity contribution < 1.29 is 14.6 Å². The van der Waals surface area contributed by atoms with E-state index in [-0.39, 0.29) is 0 Å². The average Bonchev–Trinajstić information content (AvgIpc) is 2.67. The van der Waals surface area contributed by atoms with Crippen LogP contribution < -0.4 is 14.5 Å². The van der Waals surface area contributed by atoms with Crippen LogP contribution in [0, 0.1) is 6.92 Å². The zero-order chi connectivity index (χ0) is 18.5. The normalized spacial score (nSPS) is 15.6. The molecule has 1 atom stereocenters. The highest BCUT2D eigenvalue weighted by molar-refractivity contribution is 5.72. The van der Waals surface area contributed by atoms with Gasteiger partial charge in [0.25, 0.3) is 0 Å². The monoisotopic (exact) mass is 355 g/mol. The number of aryl methyl sites for hydroxylation is 1. The number of benzene rings is 1. The average molecular weight is 355 g/mol. The van der Waals surface area contributed by atoms with Gasteiger partial charge in [0.1, 0.15) is 5.75 Å². The van der Waals surface area contributed by atoms with Gasteiger partial charge in [-0.15, -0.1) is 0 Å². The third-order valence-electron chi connectivity index (χ3n) is 4.74. The standard InChI is InChI=1S/C20H25N3O3/c1-3-19(20(24)25)26-17-4-5-18(15(2)14-17)23-12-10-22(11-13-23)16-6-8-21-9-7-16/h4-9,14,19H,3,10-13H2,1-2H3,(H,24,25). The number of aliphatic carboxylic acids is 1. The van der Waals surface area contributed by atoms with Crippen LogP contribution in [0.2, 0.25) is 0 Å². The lowest BCUT2D eigenvalue weighted by Crippen LogP contribution is -2.46. The lowest BCUT2D eigenvalue weighted by Gasteiger charge is -2.38. The molecule has 2 aromatic rings. The molecule has 0 saturated carbocycles. The maximum Gasteiger partial charge on any atom is 0.344 e. The summed E-state index contributed by atoms with van der Waals surface area (Å²) in [5.74, 6) is -0.322. The van der Waals surface area contributed by atoms with E-state index in [9.17, 15) is 4.79 Å². The van der Waals surface area contributed by atoms with Crippen molar-refractivity contribution in [1.82, 2.24) is 4.98 Å². The van der Waals surface area contributed by atoms with Gasteiger partial charge < -0.3 is 19.6 Å². The van der Waals surface area contributed by atoms with Gasteiger partial charge in [-0.1, -0.05) is 6.92 Å². The Bertz CT molecular complexity index is 743. The van der Waals surface area contributed by atoms with Crippen molar-refractivity contribution in [1.29, 1.82) is 0 Å². The highest BCUT2D eigenvalue weighted by atomic mass is 16.5. The second-order valence-corrected chi connectivity index (χ2v) is 6.48. The molecule has 0 spiro atoms. The van der Waals surface area contributed by atoms with Crippen LogP contribution in [0.3, 0.4) is 0 Å². The Balaban J connectivity index is 1.64. The maximum atomic E-state index is 11.1. The van der Waals surface area contributed by atoms with Gasteiger partial charge in [-0.3, -0.25) is 4.98 Å². The molecule has 6 nitrogen and oxygen atoms in total. The van der Waals surface area contributed by atoms with Crippen molar-refractivity contribution in [2.45, 2.75) is 26.4 Å². The predicted molar refractivity (Wildman–Crippen MR) is 102 cm³/mol. The number of hydrogen-bond donors (Lipinski definition) is 1. The first kappa shape index (κ1) is 18.0. The Morgan fingerprint density at radius 1 is 1.15 bits per heavy atom. The molecule has 1 aliphatic heterocycles. The van der Waals surface area contributed by atoms with Crippen molar-refractivity contribution >= 4 is 17.3 Å². The lowest BCUT2D eigenvalue weighted by molar-refractivity contribution is -0.145. The Labute approximate surface area is 154 Å². The zero-order valence-electron chi connectivity index (χ0n) is 15.3. The topological polar surface area (TPSA) is 65.9 Å². The maximum absolute atomic E-state index is 11.1. The first-order chi connectivity index (χ1) is 12.6. The number of rotatable bonds is 6. The van der Waals surface area contributed by atoms with Crippen molar-refractivity contribution in [2.24, 2.45) is 0 Å². The van der Waals surface area contributed by atoms with Gasteiger partial charge in [-0.2, -0.15) is 0 Å². The molecule has 1 saturated heterocycles. The third kappa shape index (κ3) is 4.07. The summed E-state index contributed by atoms with van der Waals surface area (Å²) in [6.45, 7) is 7.64. The number of nitrogens with zero attached hydrogens (tertiary/aromatic N) is 3. The smallest absolute Gasteiger partial charge is 0.344 e.